The van der Waals surface area contributed by atoms with Gasteiger partial charge in [0, 0.05) is 34.1 Å². The number of methoxy groups -OCH3 is 1. The van der Waals surface area contributed by atoms with E-state index in [4.69, 9.17) is 4.74 Å². The molecule has 0 aliphatic heterocycles. The second-order valence-electron chi connectivity index (χ2n) is 6.10. The molecule has 0 heterocycles. The van der Waals surface area contributed by atoms with Crippen molar-refractivity contribution in [2.24, 2.45) is 4.99 Å². The van der Waals surface area contributed by atoms with Crippen LogP contribution >= 0.6 is 0 Å². The van der Waals surface area contributed by atoms with Crippen LogP contribution in [0, 0.1) is 5.82 Å². The summed E-state index contributed by atoms with van der Waals surface area (Å²) in [5.74, 6) is 0.898. The number of carbonyl (C=O) groups is 1. The molecule has 2 N–H and O–H groups in total. The fourth-order valence-corrected chi connectivity index (χ4v) is 2.66. The maximum Gasteiger partial charge on any atom is 0.221 e. The normalized spacial score (nSPS) is 11.1. The lowest BCUT2D eigenvalue weighted by Gasteiger charge is -2.22. The summed E-state index contributed by atoms with van der Waals surface area (Å²) >= 11 is 0. The average molecular weight is 372 g/mol. The number of aliphatic imine (C=N–C) groups is 1. The quantitative estimate of drug-likeness (QED) is 0.604. The molecule has 0 spiro atoms. The molecule has 0 bridgehead atoms. The lowest BCUT2D eigenvalue weighted by molar-refractivity contribution is -0.114. The van der Waals surface area contributed by atoms with Crippen LogP contribution in [0.5, 0.6) is 5.75 Å². The highest BCUT2D eigenvalue weighted by Gasteiger charge is 2.09. The van der Waals surface area contributed by atoms with E-state index in [2.05, 4.69) is 15.6 Å². The highest BCUT2D eigenvalue weighted by molar-refractivity contribution is 5.90. The standard InChI is InChI=1S/C20H25FN4O2/c1-14(26)24-18-11-16(7-10-19(18)27-4)12-23-20(22-2)25(3)13-15-5-8-17(21)9-6-15/h5-11H,12-13H2,1-4H3,(H,22,23)(H,24,26). The van der Waals surface area contributed by atoms with Gasteiger partial charge in [-0.2, -0.15) is 0 Å². The first-order chi connectivity index (χ1) is 12.9. The minimum Gasteiger partial charge on any atom is -0.495 e. The van der Waals surface area contributed by atoms with Gasteiger partial charge in [-0.3, -0.25) is 9.79 Å². The van der Waals surface area contributed by atoms with Gasteiger partial charge in [0.25, 0.3) is 0 Å². The summed E-state index contributed by atoms with van der Waals surface area (Å²) in [6.07, 6.45) is 0. The van der Waals surface area contributed by atoms with Gasteiger partial charge in [0.05, 0.1) is 12.8 Å². The molecule has 2 rings (SSSR count). The Kier molecular flexibility index (Phi) is 7.16. The number of carbonyl (C=O) groups excluding carboxylic acids is 1. The first-order valence-corrected chi connectivity index (χ1v) is 8.53. The van der Waals surface area contributed by atoms with Gasteiger partial charge in [-0.1, -0.05) is 18.2 Å². The van der Waals surface area contributed by atoms with Crippen molar-refractivity contribution in [3.8, 4) is 5.75 Å². The number of amides is 1. The van der Waals surface area contributed by atoms with Gasteiger partial charge in [-0.05, 0) is 35.4 Å². The van der Waals surface area contributed by atoms with Crippen molar-refractivity contribution in [3.63, 3.8) is 0 Å². The topological polar surface area (TPSA) is 66.0 Å². The van der Waals surface area contributed by atoms with Gasteiger partial charge in [-0.25, -0.2) is 4.39 Å². The Labute approximate surface area is 159 Å². The van der Waals surface area contributed by atoms with Gasteiger partial charge in [-0.15, -0.1) is 0 Å². The number of guanidine groups is 1. The van der Waals surface area contributed by atoms with E-state index in [1.54, 1.807) is 26.3 Å². The van der Waals surface area contributed by atoms with Crippen LogP contribution in [0.15, 0.2) is 47.5 Å². The van der Waals surface area contributed by atoms with Crippen LogP contribution in [0.3, 0.4) is 0 Å². The van der Waals surface area contributed by atoms with Gasteiger partial charge < -0.3 is 20.3 Å². The number of nitrogens with one attached hydrogen (secondary N) is 2. The molecule has 0 saturated carbocycles. The van der Waals surface area contributed by atoms with Crippen LogP contribution in [-0.4, -0.2) is 38.0 Å². The zero-order valence-corrected chi connectivity index (χ0v) is 16.0. The zero-order valence-electron chi connectivity index (χ0n) is 16.0. The Bertz CT molecular complexity index is 806. The van der Waals surface area contributed by atoms with Crippen molar-refractivity contribution in [2.45, 2.75) is 20.0 Å². The number of anilines is 1. The lowest BCUT2D eigenvalue weighted by Crippen LogP contribution is -2.38. The number of halogens is 1. The van der Waals surface area contributed by atoms with E-state index < -0.39 is 0 Å². The number of nitrogens with zero attached hydrogens (tertiary/aromatic N) is 2. The Hall–Kier alpha value is -3.09. The molecule has 7 heteroatoms. The molecule has 2 aromatic rings. The van der Waals surface area contributed by atoms with E-state index in [-0.39, 0.29) is 11.7 Å². The molecule has 0 aliphatic carbocycles. The molecule has 6 nitrogen and oxygen atoms in total. The van der Waals surface area contributed by atoms with E-state index in [0.29, 0.717) is 30.5 Å². The van der Waals surface area contributed by atoms with Crippen molar-refractivity contribution in [1.29, 1.82) is 0 Å². The fourth-order valence-electron chi connectivity index (χ4n) is 2.66. The van der Waals surface area contributed by atoms with E-state index in [0.717, 1.165) is 11.1 Å². The van der Waals surface area contributed by atoms with E-state index >= 15 is 0 Å². The number of rotatable bonds is 6. The molecular formula is C20H25FN4O2. The first kappa shape index (κ1) is 20.2. The molecule has 0 unspecified atom stereocenters. The molecule has 0 aliphatic rings. The number of hydrogen-bond donors (Lipinski definition) is 2. The predicted octanol–water partition coefficient (Wildman–Crippen LogP) is 3.00. The van der Waals surface area contributed by atoms with Crippen LogP contribution in [0.2, 0.25) is 0 Å². The van der Waals surface area contributed by atoms with Gasteiger partial charge in [0.2, 0.25) is 5.91 Å². The fraction of sp³-hybridized carbons (Fsp3) is 0.300. The van der Waals surface area contributed by atoms with Crippen LogP contribution in [-0.2, 0) is 17.9 Å². The van der Waals surface area contributed by atoms with Gasteiger partial charge >= 0.3 is 0 Å². The summed E-state index contributed by atoms with van der Waals surface area (Å²) < 4.78 is 18.3. The first-order valence-electron chi connectivity index (χ1n) is 8.53. The molecule has 27 heavy (non-hydrogen) atoms. The Morgan fingerprint density at radius 1 is 1.19 bits per heavy atom. The lowest BCUT2D eigenvalue weighted by atomic mass is 10.2. The molecule has 1 amide bonds. The van der Waals surface area contributed by atoms with Crippen molar-refractivity contribution >= 4 is 17.6 Å². The SMILES string of the molecule is CN=C(NCc1ccc(OC)c(NC(C)=O)c1)N(C)Cc1ccc(F)cc1. The molecule has 0 saturated heterocycles. The third-order valence-corrected chi connectivity index (χ3v) is 3.93. The zero-order chi connectivity index (χ0) is 19.8. The molecule has 144 valence electrons. The Morgan fingerprint density at radius 3 is 2.44 bits per heavy atom. The van der Waals surface area contributed by atoms with Crippen LogP contribution in [0.4, 0.5) is 10.1 Å². The number of hydrogen-bond acceptors (Lipinski definition) is 3. The van der Waals surface area contributed by atoms with Crippen molar-refractivity contribution in [3.05, 3.63) is 59.4 Å². The summed E-state index contributed by atoms with van der Waals surface area (Å²) in [6, 6.07) is 12.0. The van der Waals surface area contributed by atoms with Crippen LogP contribution in [0.1, 0.15) is 18.1 Å². The largest absolute Gasteiger partial charge is 0.495 e. The molecule has 0 radical (unpaired) electrons. The molecular weight excluding hydrogens is 347 g/mol. The predicted molar refractivity (Wildman–Crippen MR) is 105 cm³/mol. The smallest absolute Gasteiger partial charge is 0.221 e. The Morgan fingerprint density at radius 2 is 1.85 bits per heavy atom. The molecule has 2 aromatic carbocycles. The minimum atomic E-state index is -0.251. The maximum atomic E-state index is 13.0. The summed E-state index contributed by atoms with van der Waals surface area (Å²) in [6.45, 7) is 2.58. The average Bonchev–Trinajstić information content (AvgIpc) is 2.64. The second-order valence-corrected chi connectivity index (χ2v) is 6.10. The van der Waals surface area contributed by atoms with Crippen LogP contribution in [0.25, 0.3) is 0 Å². The number of ether oxygens (including phenoxy) is 1. The third kappa shape index (κ3) is 5.99. The minimum absolute atomic E-state index is 0.159. The van der Waals surface area contributed by atoms with E-state index in [1.807, 2.05) is 30.1 Å². The van der Waals surface area contributed by atoms with E-state index in [9.17, 15) is 9.18 Å². The van der Waals surface area contributed by atoms with Gasteiger partial charge in [0.1, 0.15) is 11.6 Å². The highest BCUT2D eigenvalue weighted by Crippen LogP contribution is 2.25. The van der Waals surface area contributed by atoms with E-state index in [1.165, 1.54) is 19.1 Å². The third-order valence-electron chi connectivity index (χ3n) is 3.93. The Balaban J connectivity index is 2.02. The molecule has 0 atom stereocenters. The second kappa shape index (κ2) is 9.56. The number of benzene rings is 2. The molecule has 0 fully saturated rings. The van der Waals surface area contributed by atoms with Gasteiger partial charge in [0.15, 0.2) is 5.96 Å². The summed E-state index contributed by atoms with van der Waals surface area (Å²) in [5.41, 5.74) is 2.58. The van der Waals surface area contributed by atoms with Crippen molar-refractivity contribution < 1.29 is 13.9 Å². The summed E-state index contributed by atoms with van der Waals surface area (Å²) in [5, 5.41) is 6.05. The maximum absolute atomic E-state index is 13.0. The van der Waals surface area contributed by atoms with Crippen LogP contribution < -0.4 is 15.4 Å². The van der Waals surface area contributed by atoms with Crippen molar-refractivity contribution in [2.75, 3.05) is 26.5 Å². The summed E-state index contributed by atoms with van der Waals surface area (Å²) in [4.78, 5) is 17.6. The monoisotopic (exact) mass is 372 g/mol. The summed E-state index contributed by atoms with van der Waals surface area (Å²) in [7, 11) is 5.18. The van der Waals surface area contributed by atoms with Crippen molar-refractivity contribution in [1.82, 2.24) is 10.2 Å². The molecule has 0 aromatic heterocycles. The highest BCUT2D eigenvalue weighted by atomic mass is 19.1.